The molecule has 114 valence electrons. The van der Waals surface area contributed by atoms with Gasteiger partial charge in [-0.1, -0.05) is 0 Å². The van der Waals surface area contributed by atoms with Crippen LogP contribution in [-0.4, -0.2) is 20.9 Å². The van der Waals surface area contributed by atoms with Crippen LogP contribution >= 0.6 is 27.3 Å². The molecule has 2 aromatic heterocycles. The highest BCUT2D eigenvalue weighted by Crippen LogP contribution is 2.20. The van der Waals surface area contributed by atoms with Crippen LogP contribution in [-0.2, 0) is 13.1 Å². The van der Waals surface area contributed by atoms with Crippen molar-refractivity contribution in [1.29, 1.82) is 0 Å². The van der Waals surface area contributed by atoms with Gasteiger partial charge in [-0.15, -0.1) is 11.3 Å². The van der Waals surface area contributed by atoms with Crippen LogP contribution in [0, 0.1) is 6.92 Å². The summed E-state index contributed by atoms with van der Waals surface area (Å²) in [7, 11) is 0. The molecule has 2 aromatic rings. The lowest BCUT2D eigenvalue weighted by atomic mass is 10.4. The minimum Gasteiger partial charge on any atom is -0.376 e. The molecule has 0 unspecified atom stereocenters. The predicted octanol–water partition coefficient (Wildman–Crippen LogP) is 2.95. The molecule has 1 N–H and O–H groups in total. The molecule has 2 rings (SSSR count). The highest BCUT2D eigenvalue weighted by atomic mass is 79.9. The fraction of sp³-hybridized carbons (Fsp3) is 0.364. The third kappa shape index (κ3) is 4.27. The molecule has 0 radical (unpaired) electrons. The number of halogens is 4. The molecular weight excluding hydrogens is 373 g/mol. The smallest absolute Gasteiger partial charge is 0.376 e. The minimum atomic E-state index is -4.50. The number of thiazole rings is 1. The molecule has 0 bridgehead atoms. The van der Waals surface area contributed by atoms with Crippen molar-refractivity contribution in [1.82, 2.24) is 14.8 Å². The topological polar surface area (TPSA) is 59.8 Å². The van der Waals surface area contributed by atoms with E-state index in [2.05, 4.69) is 31.3 Å². The van der Waals surface area contributed by atoms with Crippen molar-refractivity contribution in [3.05, 3.63) is 37.1 Å². The molecule has 0 aliphatic heterocycles. The van der Waals surface area contributed by atoms with Gasteiger partial charge in [0, 0.05) is 11.1 Å². The second kappa shape index (κ2) is 6.14. The molecule has 0 aliphatic rings. The maximum atomic E-state index is 12.3. The van der Waals surface area contributed by atoms with Crippen molar-refractivity contribution in [3.63, 3.8) is 0 Å². The lowest BCUT2D eigenvalue weighted by Gasteiger charge is -2.11. The molecule has 0 saturated carbocycles. The van der Waals surface area contributed by atoms with Gasteiger partial charge in [0.05, 0.1) is 18.4 Å². The van der Waals surface area contributed by atoms with E-state index in [1.807, 2.05) is 12.3 Å². The first-order valence-corrected chi connectivity index (χ1v) is 7.41. The Morgan fingerprint density at radius 3 is 2.76 bits per heavy atom. The average molecular weight is 383 g/mol. The number of alkyl halides is 3. The van der Waals surface area contributed by atoms with E-state index in [4.69, 9.17) is 0 Å². The summed E-state index contributed by atoms with van der Waals surface area (Å²) in [6.45, 7) is 0.799. The highest BCUT2D eigenvalue weighted by Gasteiger charge is 2.29. The standard InChI is InChI=1S/C11H10BrF3N4OS/c1-6-4-21-8(18-6)3-16-7-2-17-19(5-11(13,14)15)10(20)9(7)12/h2,4,16H,3,5H2,1H3. The number of hydrogen-bond donors (Lipinski definition) is 1. The van der Waals surface area contributed by atoms with Gasteiger partial charge in [-0.05, 0) is 22.9 Å². The number of aryl methyl sites for hydroxylation is 1. The van der Waals surface area contributed by atoms with Crippen molar-refractivity contribution in [2.75, 3.05) is 5.32 Å². The zero-order chi connectivity index (χ0) is 15.6. The molecule has 0 aliphatic carbocycles. The summed E-state index contributed by atoms with van der Waals surface area (Å²) in [5.41, 5.74) is 0.369. The maximum Gasteiger partial charge on any atom is 0.408 e. The normalized spacial score (nSPS) is 11.7. The van der Waals surface area contributed by atoms with Crippen LogP contribution in [0.2, 0.25) is 0 Å². The third-order valence-electron chi connectivity index (χ3n) is 2.41. The number of anilines is 1. The Balaban J connectivity index is 2.15. The van der Waals surface area contributed by atoms with E-state index >= 15 is 0 Å². The summed E-state index contributed by atoms with van der Waals surface area (Å²) in [5.74, 6) is 0. The van der Waals surface area contributed by atoms with Gasteiger partial charge < -0.3 is 5.32 Å². The van der Waals surface area contributed by atoms with Crippen LogP contribution in [0.15, 0.2) is 20.8 Å². The Morgan fingerprint density at radius 1 is 1.48 bits per heavy atom. The lowest BCUT2D eigenvalue weighted by molar-refractivity contribution is -0.143. The predicted molar refractivity (Wildman–Crippen MR) is 76.4 cm³/mol. The Labute approximate surface area is 130 Å². The van der Waals surface area contributed by atoms with Crippen molar-refractivity contribution in [2.45, 2.75) is 26.2 Å². The molecular formula is C11H10BrF3N4OS. The largest absolute Gasteiger partial charge is 0.408 e. The fourth-order valence-corrected chi connectivity index (χ4v) is 2.68. The van der Waals surface area contributed by atoms with Crippen LogP contribution in [0.4, 0.5) is 18.9 Å². The SMILES string of the molecule is Cc1csc(CNc2cnn(CC(F)(F)F)c(=O)c2Br)n1. The molecule has 10 heteroatoms. The summed E-state index contributed by atoms with van der Waals surface area (Å²) in [6, 6.07) is 0. The quantitative estimate of drug-likeness (QED) is 0.882. The third-order valence-corrected chi connectivity index (χ3v) is 4.14. The van der Waals surface area contributed by atoms with Crippen molar-refractivity contribution in [2.24, 2.45) is 0 Å². The summed E-state index contributed by atoms with van der Waals surface area (Å²) in [5, 5.41) is 9.12. The number of rotatable bonds is 4. The van der Waals surface area contributed by atoms with Crippen LogP contribution in [0.5, 0.6) is 0 Å². The monoisotopic (exact) mass is 382 g/mol. The van der Waals surface area contributed by atoms with Crippen LogP contribution in [0.1, 0.15) is 10.7 Å². The Bertz CT molecular complexity index is 698. The first-order chi connectivity index (χ1) is 9.76. The molecule has 0 saturated heterocycles. The van der Waals surface area contributed by atoms with E-state index in [1.165, 1.54) is 17.5 Å². The van der Waals surface area contributed by atoms with E-state index < -0.39 is 18.3 Å². The molecule has 2 heterocycles. The van der Waals surface area contributed by atoms with Crippen LogP contribution in [0.25, 0.3) is 0 Å². The van der Waals surface area contributed by atoms with Gasteiger partial charge in [0.15, 0.2) is 0 Å². The number of aromatic nitrogens is 3. The van der Waals surface area contributed by atoms with Gasteiger partial charge in [-0.2, -0.15) is 18.3 Å². The van der Waals surface area contributed by atoms with Crippen LogP contribution < -0.4 is 10.9 Å². The first kappa shape index (κ1) is 16.0. The van der Waals surface area contributed by atoms with E-state index in [1.54, 1.807) is 0 Å². The van der Waals surface area contributed by atoms with E-state index in [-0.39, 0.29) is 4.47 Å². The van der Waals surface area contributed by atoms with Crippen molar-refractivity contribution >= 4 is 33.0 Å². The van der Waals surface area contributed by atoms with E-state index in [9.17, 15) is 18.0 Å². The summed E-state index contributed by atoms with van der Waals surface area (Å²) < 4.78 is 37.2. The maximum absolute atomic E-state index is 12.3. The van der Waals surface area contributed by atoms with Gasteiger partial charge in [0.1, 0.15) is 16.0 Å². The molecule has 0 fully saturated rings. The van der Waals surface area contributed by atoms with E-state index in [0.717, 1.165) is 10.7 Å². The average Bonchev–Trinajstić information content (AvgIpc) is 2.79. The number of hydrogen-bond acceptors (Lipinski definition) is 5. The number of nitrogens with one attached hydrogen (secondary N) is 1. The minimum absolute atomic E-state index is 0.00929. The molecule has 5 nitrogen and oxygen atoms in total. The molecule has 0 aromatic carbocycles. The summed E-state index contributed by atoms with van der Waals surface area (Å²) in [4.78, 5) is 16.0. The summed E-state index contributed by atoms with van der Waals surface area (Å²) >= 11 is 4.45. The summed E-state index contributed by atoms with van der Waals surface area (Å²) in [6.07, 6.45) is -3.32. The Morgan fingerprint density at radius 2 is 2.19 bits per heavy atom. The van der Waals surface area contributed by atoms with Gasteiger partial charge in [-0.25, -0.2) is 9.67 Å². The molecule has 0 amide bonds. The van der Waals surface area contributed by atoms with Gasteiger partial charge >= 0.3 is 6.18 Å². The zero-order valence-corrected chi connectivity index (χ0v) is 13.1. The molecule has 21 heavy (non-hydrogen) atoms. The molecule has 0 atom stereocenters. The number of nitrogens with zero attached hydrogens (tertiary/aromatic N) is 3. The second-order valence-electron chi connectivity index (χ2n) is 4.19. The van der Waals surface area contributed by atoms with Crippen LogP contribution in [0.3, 0.4) is 0 Å². The highest BCUT2D eigenvalue weighted by molar-refractivity contribution is 9.10. The fourth-order valence-electron chi connectivity index (χ4n) is 1.53. The Kier molecular flexibility index (Phi) is 4.67. The lowest BCUT2D eigenvalue weighted by Crippen LogP contribution is -2.31. The van der Waals surface area contributed by atoms with Crippen molar-refractivity contribution in [3.8, 4) is 0 Å². The Hall–Kier alpha value is -1.42. The zero-order valence-electron chi connectivity index (χ0n) is 10.7. The van der Waals surface area contributed by atoms with Gasteiger partial charge in [0.2, 0.25) is 0 Å². The second-order valence-corrected chi connectivity index (χ2v) is 5.92. The van der Waals surface area contributed by atoms with E-state index in [0.29, 0.717) is 16.9 Å². The van der Waals surface area contributed by atoms with Crippen molar-refractivity contribution < 1.29 is 13.2 Å². The van der Waals surface area contributed by atoms with Gasteiger partial charge in [-0.3, -0.25) is 4.79 Å². The first-order valence-electron chi connectivity index (χ1n) is 5.73. The molecule has 0 spiro atoms. The van der Waals surface area contributed by atoms with Gasteiger partial charge in [0.25, 0.3) is 5.56 Å².